The van der Waals surface area contributed by atoms with Crippen LogP contribution in [0.2, 0.25) is 0 Å². The van der Waals surface area contributed by atoms with Crippen molar-refractivity contribution >= 4 is 17.8 Å². The van der Waals surface area contributed by atoms with E-state index in [0.29, 0.717) is 30.4 Å². The molecule has 12 heteroatoms. The first-order chi connectivity index (χ1) is 20.0. The first-order valence-corrected chi connectivity index (χ1v) is 14.3. The first kappa shape index (κ1) is 28.6. The summed E-state index contributed by atoms with van der Waals surface area (Å²) in [5.41, 5.74) is 4.40. The Morgan fingerprint density at radius 3 is 2.39 bits per heavy atom. The zero-order valence-electron chi connectivity index (χ0n) is 22.5. The van der Waals surface area contributed by atoms with E-state index in [2.05, 4.69) is 26.2 Å². The van der Waals surface area contributed by atoms with Crippen molar-refractivity contribution in [3.63, 3.8) is 0 Å². The number of hydrogen-bond acceptors (Lipinski definition) is 9. The fourth-order valence-corrected chi connectivity index (χ4v) is 5.32. The Hall–Kier alpha value is -3.97. The molecule has 0 bridgehead atoms. The number of amides is 2. The largest absolute Gasteiger partial charge is 0.508 e. The number of carbonyl (C=O) groups is 1. The van der Waals surface area contributed by atoms with Gasteiger partial charge in [-0.2, -0.15) is 4.68 Å². The number of phenolic OH excluding ortho intramolecular Hbond substituents is 1. The minimum absolute atomic E-state index is 0.0200. The van der Waals surface area contributed by atoms with Crippen molar-refractivity contribution in [3.05, 3.63) is 95.1 Å². The number of ether oxygens (including phenoxy) is 2. The Balaban J connectivity index is 1.30. The fourth-order valence-electron chi connectivity index (χ4n) is 4.41. The Morgan fingerprint density at radius 2 is 1.68 bits per heavy atom. The molecule has 214 valence electrons. The molecular formula is C29H32N6O5S. The monoisotopic (exact) mass is 576 g/mol. The van der Waals surface area contributed by atoms with Gasteiger partial charge in [-0.25, -0.2) is 4.79 Å². The van der Waals surface area contributed by atoms with Gasteiger partial charge in [0.15, 0.2) is 6.29 Å². The highest BCUT2D eigenvalue weighted by Gasteiger charge is 2.32. The van der Waals surface area contributed by atoms with Gasteiger partial charge >= 0.3 is 6.03 Å². The van der Waals surface area contributed by atoms with Crippen molar-refractivity contribution in [3.8, 4) is 11.4 Å². The fraction of sp³-hybridized carbons (Fsp3) is 0.310. The molecule has 1 aromatic heterocycles. The quantitative estimate of drug-likeness (QED) is 0.206. The van der Waals surface area contributed by atoms with E-state index in [1.807, 2.05) is 55.5 Å². The maximum atomic E-state index is 11.7. The lowest BCUT2D eigenvalue weighted by Gasteiger charge is -2.36. The Bertz CT molecular complexity index is 1420. The molecule has 3 aromatic carbocycles. The number of thioether (sulfide) groups is 1. The van der Waals surface area contributed by atoms with Crippen molar-refractivity contribution < 1.29 is 24.5 Å². The van der Waals surface area contributed by atoms with Crippen LogP contribution in [0.3, 0.4) is 0 Å². The summed E-state index contributed by atoms with van der Waals surface area (Å²) in [5, 5.41) is 37.4. The summed E-state index contributed by atoms with van der Waals surface area (Å²) < 4.78 is 14.5. The number of aromatic nitrogens is 4. The second kappa shape index (κ2) is 13.6. The van der Waals surface area contributed by atoms with Crippen molar-refractivity contribution in [1.29, 1.82) is 0 Å². The number of carbonyl (C=O) groups excluding carboxylic acids is 1. The van der Waals surface area contributed by atoms with E-state index in [0.717, 1.165) is 27.9 Å². The number of aromatic hydroxyl groups is 1. The molecule has 5 rings (SSSR count). The van der Waals surface area contributed by atoms with E-state index in [4.69, 9.17) is 9.47 Å². The van der Waals surface area contributed by atoms with Gasteiger partial charge in [0.05, 0.1) is 24.5 Å². The van der Waals surface area contributed by atoms with Crippen molar-refractivity contribution in [1.82, 2.24) is 30.8 Å². The lowest BCUT2D eigenvalue weighted by molar-refractivity contribution is -0.245. The second-order valence-electron chi connectivity index (χ2n) is 9.51. The number of rotatable bonds is 10. The van der Waals surface area contributed by atoms with Gasteiger partial charge in [0.25, 0.3) is 0 Å². The van der Waals surface area contributed by atoms with Crippen LogP contribution in [0.4, 0.5) is 4.79 Å². The molecule has 2 heterocycles. The molecule has 4 aromatic rings. The standard InChI is InChI=1S/C29H32N6O5S/c1-2-30-28(38)31-16-19-3-9-22(10-4-19)27-39-25(15-26(40-27)21-7-5-20(17-36)6-8-21)18-41-29-32-33-34-35(29)23-11-13-24(37)14-12-23/h3-14,25-27,36-37H,2,15-18H2,1H3,(H2,30,31,38)/t25-,26+,27+/m1/s1. The van der Waals surface area contributed by atoms with Crippen molar-refractivity contribution in [2.45, 2.75) is 50.2 Å². The summed E-state index contributed by atoms with van der Waals surface area (Å²) in [4.78, 5) is 11.7. The molecule has 3 atom stereocenters. The van der Waals surface area contributed by atoms with Gasteiger partial charge in [-0.1, -0.05) is 60.3 Å². The average molecular weight is 577 g/mol. The van der Waals surface area contributed by atoms with Crippen molar-refractivity contribution in [2.24, 2.45) is 0 Å². The number of phenols is 1. The maximum Gasteiger partial charge on any atom is 0.315 e. The number of nitrogens with zero attached hydrogens (tertiary/aromatic N) is 4. The maximum absolute atomic E-state index is 11.7. The molecule has 2 amide bonds. The molecule has 4 N–H and O–H groups in total. The van der Waals surface area contributed by atoms with Crippen LogP contribution in [0.25, 0.3) is 5.69 Å². The summed E-state index contributed by atoms with van der Waals surface area (Å²) >= 11 is 1.48. The Morgan fingerprint density at radius 1 is 0.976 bits per heavy atom. The minimum atomic E-state index is -0.602. The molecular weight excluding hydrogens is 544 g/mol. The van der Waals surface area contributed by atoms with Gasteiger partial charge in [-0.3, -0.25) is 0 Å². The summed E-state index contributed by atoms with van der Waals surface area (Å²) in [6, 6.07) is 22.0. The summed E-state index contributed by atoms with van der Waals surface area (Å²) in [7, 11) is 0. The zero-order valence-corrected chi connectivity index (χ0v) is 23.3. The molecule has 1 aliphatic rings. The van der Waals surface area contributed by atoms with Gasteiger partial charge in [-0.05, 0) is 58.3 Å². The van der Waals surface area contributed by atoms with E-state index in [-0.39, 0.29) is 30.6 Å². The van der Waals surface area contributed by atoms with Gasteiger partial charge in [0.1, 0.15) is 5.75 Å². The summed E-state index contributed by atoms with van der Waals surface area (Å²) in [6.07, 6.45) is -0.378. The van der Waals surface area contributed by atoms with Gasteiger partial charge in [0.2, 0.25) is 5.16 Å². The Kier molecular flexibility index (Phi) is 9.47. The normalized spacial score (nSPS) is 18.6. The predicted molar refractivity (Wildman–Crippen MR) is 152 cm³/mol. The number of urea groups is 1. The van der Waals surface area contributed by atoms with E-state index in [9.17, 15) is 15.0 Å². The number of aliphatic hydroxyl groups is 1. The third-order valence-electron chi connectivity index (χ3n) is 6.59. The van der Waals surface area contributed by atoms with Crippen molar-refractivity contribution in [2.75, 3.05) is 12.3 Å². The van der Waals surface area contributed by atoms with Crippen LogP contribution in [0.5, 0.6) is 5.75 Å². The molecule has 1 aliphatic heterocycles. The number of benzene rings is 3. The molecule has 0 aliphatic carbocycles. The van der Waals surface area contributed by atoms with Crippen LogP contribution < -0.4 is 10.6 Å². The molecule has 11 nitrogen and oxygen atoms in total. The number of nitrogens with one attached hydrogen (secondary N) is 2. The Labute approximate surface area is 241 Å². The van der Waals surface area contributed by atoms with Crippen LogP contribution in [-0.2, 0) is 22.6 Å². The van der Waals surface area contributed by atoms with E-state index in [1.54, 1.807) is 28.9 Å². The lowest BCUT2D eigenvalue weighted by atomic mass is 10.0. The minimum Gasteiger partial charge on any atom is -0.508 e. The third kappa shape index (κ3) is 7.41. The van der Waals surface area contributed by atoms with E-state index >= 15 is 0 Å². The SMILES string of the molecule is CCNC(=O)NCc1ccc([C@H]2O[C@@H](CSc3nnnn3-c3ccc(O)cc3)C[C@@H](c3ccc(CO)cc3)O2)cc1. The molecule has 1 saturated heterocycles. The highest BCUT2D eigenvalue weighted by atomic mass is 32.2. The molecule has 1 fully saturated rings. The number of tetrazole rings is 1. The molecule has 41 heavy (non-hydrogen) atoms. The van der Waals surface area contributed by atoms with Crippen LogP contribution in [0, 0.1) is 0 Å². The first-order valence-electron chi connectivity index (χ1n) is 13.3. The smallest absolute Gasteiger partial charge is 0.315 e. The van der Waals surface area contributed by atoms with Crippen LogP contribution >= 0.6 is 11.8 Å². The topological polar surface area (TPSA) is 144 Å². The summed E-state index contributed by atoms with van der Waals surface area (Å²) in [5.74, 6) is 0.750. The third-order valence-corrected chi connectivity index (χ3v) is 7.64. The molecule has 0 spiro atoms. The highest BCUT2D eigenvalue weighted by molar-refractivity contribution is 7.99. The van der Waals surface area contributed by atoms with Crippen LogP contribution in [-0.4, -0.2) is 54.9 Å². The molecule has 0 saturated carbocycles. The van der Waals surface area contributed by atoms with Crippen LogP contribution in [0.1, 0.15) is 48.0 Å². The van der Waals surface area contributed by atoms with E-state index in [1.165, 1.54) is 11.8 Å². The van der Waals surface area contributed by atoms with Gasteiger partial charge in [-0.15, -0.1) is 5.10 Å². The molecule has 0 unspecified atom stereocenters. The molecule has 0 radical (unpaired) electrons. The van der Waals surface area contributed by atoms with Gasteiger partial charge in [0, 0.05) is 30.8 Å². The number of aliphatic hydroxyl groups excluding tert-OH is 1. The second-order valence-corrected chi connectivity index (χ2v) is 10.5. The van der Waals surface area contributed by atoms with E-state index < -0.39 is 6.29 Å². The van der Waals surface area contributed by atoms with Crippen LogP contribution in [0.15, 0.2) is 78.0 Å². The highest BCUT2D eigenvalue weighted by Crippen LogP contribution is 2.39. The zero-order chi connectivity index (χ0) is 28.6. The van der Waals surface area contributed by atoms with Gasteiger partial charge < -0.3 is 30.3 Å². The summed E-state index contributed by atoms with van der Waals surface area (Å²) in [6.45, 7) is 2.83. The average Bonchev–Trinajstić information content (AvgIpc) is 3.48. The number of hydrogen-bond donors (Lipinski definition) is 4. The predicted octanol–water partition coefficient (Wildman–Crippen LogP) is 4.02. The lowest BCUT2D eigenvalue weighted by Crippen LogP contribution is -2.34.